The lowest BCUT2D eigenvalue weighted by atomic mass is 9.97. The van der Waals surface area contributed by atoms with Crippen molar-refractivity contribution in [3.05, 3.63) is 82.9 Å². The zero-order valence-corrected chi connectivity index (χ0v) is 20.2. The van der Waals surface area contributed by atoms with Gasteiger partial charge >= 0.3 is 6.18 Å². The van der Waals surface area contributed by atoms with Gasteiger partial charge in [-0.15, -0.1) is 0 Å². The van der Waals surface area contributed by atoms with Crippen LogP contribution in [0.1, 0.15) is 34.0 Å². The van der Waals surface area contributed by atoms with Crippen molar-refractivity contribution in [3.63, 3.8) is 0 Å². The number of aryl methyl sites for hydroxylation is 1. The predicted octanol–water partition coefficient (Wildman–Crippen LogP) is 5.55. The second-order valence-corrected chi connectivity index (χ2v) is 10.7. The third kappa shape index (κ3) is 5.19. The molecule has 1 heterocycles. The predicted molar refractivity (Wildman–Crippen MR) is 126 cm³/mol. The van der Waals surface area contributed by atoms with Crippen LogP contribution in [-0.2, 0) is 22.9 Å². The van der Waals surface area contributed by atoms with Crippen molar-refractivity contribution in [2.45, 2.75) is 44.1 Å². The number of nitrogens with zero attached hydrogens (tertiary/aromatic N) is 1. The maximum absolute atomic E-state index is 13.4. The van der Waals surface area contributed by atoms with Gasteiger partial charge in [0, 0.05) is 19.3 Å². The van der Waals surface area contributed by atoms with Crippen LogP contribution in [0.4, 0.5) is 13.2 Å². The first kappa shape index (κ1) is 24.8. The average Bonchev–Trinajstić information content (AvgIpc) is 3.21. The Balaban J connectivity index is 1.66. The molecule has 0 spiro atoms. The first-order valence-electron chi connectivity index (χ1n) is 10.9. The Hall–Kier alpha value is -3.33. The van der Waals surface area contributed by atoms with Crippen LogP contribution < -0.4 is 4.74 Å². The summed E-state index contributed by atoms with van der Waals surface area (Å²) >= 11 is 0. The van der Waals surface area contributed by atoms with Crippen LogP contribution in [0.25, 0.3) is 11.1 Å². The van der Waals surface area contributed by atoms with E-state index in [2.05, 4.69) is 0 Å². The number of carbonyl (C=O) groups excluding carboxylic acids is 1. The summed E-state index contributed by atoms with van der Waals surface area (Å²) in [4.78, 5) is 14.7. The number of carbonyl (C=O) groups is 1. The number of alkyl halides is 3. The fraction of sp³-hybridized carbons (Fsp3) is 0.269. The minimum absolute atomic E-state index is 0.175. The van der Waals surface area contributed by atoms with Crippen LogP contribution in [0.5, 0.6) is 5.75 Å². The van der Waals surface area contributed by atoms with Gasteiger partial charge in [-0.2, -0.15) is 13.2 Å². The number of hydrogen-bond donors (Lipinski definition) is 0. The van der Waals surface area contributed by atoms with Crippen LogP contribution >= 0.6 is 0 Å². The molecule has 9 heteroatoms. The van der Waals surface area contributed by atoms with Gasteiger partial charge in [-0.3, -0.25) is 4.79 Å². The second-order valence-electron chi connectivity index (χ2n) is 8.69. The number of fused-ring (bicyclic) bond motifs is 1. The van der Waals surface area contributed by atoms with Gasteiger partial charge in [-0.1, -0.05) is 36.4 Å². The molecule has 1 unspecified atom stereocenters. The number of benzene rings is 3. The summed E-state index contributed by atoms with van der Waals surface area (Å²) in [6, 6.07) is 17.1. The Morgan fingerprint density at radius 3 is 2.34 bits per heavy atom. The molecule has 3 aromatic rings. The van der Waals surface area contributed by atoms with Crippen LogP contribution in [0, 0.1) is 6.92 Å². The van der Waals surface area contributed by atoms with E-state index in [9.17, 15) is 26.4 Å². The van der Waals surface area contributed by atoms with Gasteiger partial charge in [0.15, 0.2) is 15.9 Å². The summed E-state index contributed by atoms with van der Waals surface area (Å²) < 4.78 is 68.5. The Labute approximate surface area is 202 Å². The third-order valence-electron chi connectivity index (χ3n) is 6.05. The molecule has 4 rings (SSSR count). The lowest BCUT2D eigenvalue weighted by Gasteiger charge is -2.22. The molecule has 184 valence electrons. The van der Waals surface area contributed by atoms with E-state index in [0.717, 1.165) is 59.2 Å². The molecule has 0 aliphatic carbocycles. The van der Waals surface area contributed by atoms with Gasteiger partial charge in [0.25, 0.3) is 5.91 Å². The van der Waals surface area contributed by atoms with Crippen molar-refractivity contribution in [2.75, 3.05) is 6.26 Å². The SMILES string of the molecule is Cc1ccccc1-c1ccc2c(c1)CN(C(=O)c1cc(S(C)(=O)=O)ccc1OC(C)C(F)(F)F)C2. The molecule has 0 bridgehead atoms. The van der Waals surface area contributed by atoms with Gasteiger partial charge in [-0.25, -0.2) is 8.42 Å². The fourth-order valence-electron chi connectivity index (χ4n) is 4.04. The van der Waals surface area contributed by atoms with Crippen LogP contribution in [0.15, 0.2) is 65.6 Å². The zero-order chi connectivity index (χ0) is 25.5. The van der Waals surface area contributed by atoms with Gasteiger partial charge in [-0.05, 0) is 65.9 Å². The highest BCUT2D eigenvalue weighted by atomic mass is 32.2. The van der Waals surface area contributed by atoms with E-state index in [-0.39, 0.29) is 29.3 Å². The number of hydrogen-bond acceptors (Lipinski definition) is 4. The van der Waals surface area contributed by atoms with E-state index in [1.54, 1.807) is 0 Å². The summed E-state index contributed by atoms with van der Waals surface area (Å²) in [6.07, 6.45) is -5.86. The Bertz CT molecular complexity index is 1400. The number of rotatable bonds is 5. The summed E-state index contributed by atoms with van der Waals surface area (Å²) in [5.74, 6) is -0.919. The molecular weight excluding hydrogens is 479 g/mol. The molecule has 35 heavy (non-hydrogen) atoms. The molecule has 1 aliphatic rings. The monoisotopic (exact) mass is 503 g/mol. The first-order valence-corrected chi connectivity index (χ1v) is 12.8. The number of sulfone groups is 1. The molecule has 0 radical (unpaired) electrons. The lowest BCUT2D eigenvalue weighted by molar-refractivity contribution is -0.189. The number of ether oxygens (including phenoxy) is 1. The lowest BCUT2D eigenvalue weighted by Crippen LogP contribution is -2.32. The topological polar surface area (TPSA) is 63.7 Å². The van der Waals surface area contributed by atoms with Crippen molar-refractivity contribution in [2.24, 2.45) is 0 Å². The van der Waals surface area contributed by atoms with Crippen molar-refractivity contribution >= 4 is 15.7 Å². The van der Waals surface area contributed by atoms with Gasteiger partial charge in [0.2, 0.25) is 0 Å². The normalized spacial score (nSPS) is 14.5. The van der Waals surface area contributed by atoms with E-state index in [0.29, 0.717) is 0 Å². The quantitative estimate of drug-likeness (QED) is 0.458. The minimum Gasteiger partial charge on any atom is -0.480 e. The Morgan fingerprint density at radius 1 is 1.00 bits per heavy atom. The first-order chi connectivity index (χ1) is 16.3. The summed E-state index contributed by atoms with van der Waals surface area (Å²) in [5, 5.41) is 0. The summed E-state index contributed by atoms with van der Waals surface area (Å²) in [5.41, 5.74) is 4.79. The van der Waals surface area contributed by atoms with Gasteiger partial charge < -0.3 is 9.64 Å². The molecule has 0 saturated heterocycles. The van der Waals surface area contributed by atoms with E-state index >= 15 is 0 Å². The molecule has 0 aromatic heterocycles. The third-order valence-corrected chi connectivity index (χ3v) is 7.16. The molecule has 0 fully saturated rings. The van der Waals surface area contributed by atoms with Crippen LogP contribution in [-0.4, -0.2) is 37.8 Å². The maximum Gasteiger partial charge on any atom is 0.425 e. The highest BCUT2D eigenvalue weighted by Gasteiger charge is 2.39. The molecule has 1 atom stereocenters. The van der Waals surface area contributed by atoms with Crippen molar-refractivity contribution < 1.29 is 31.1 Å². The molecule has 0 saturated carbocycles. The zero-order valence-electron chi connectivity index (χ0n) is 19.4. The van der Waals surface area contributed by atoms with Crippen LogP contribution in [0.3, 0.4) is 0 Å². The van der Waals surface area contributed by atoms with Crippen molar-refractivity contribution in [3.8, 4) is 16.9 Å². The minimum atomic E-state index is -4.65. The second kappa shape index (κ2) is 9.03. The van der Waals surface area contributed by atoms with Crippen molar-refractivity contribution in [1.82, 2.24) is 4.90 Å². The van der Waals surface area contributed by atoms with E-state index in [1.807, 2.05) is 49.4 Å². The molecular formula is C26H24F3NO4S. The molecule has 0 N–H and O–H groups in total. The summed E-state index contributed by atoms with van der Waals surface area (Å²) in [7, 11) is -3.70. The maximum atomic E-state index is 13.4. The van der Waals surface area contributed by atoms with Gasteiger partial charge in [0.05, 0.1) is 10.5 Å². The molecule has 1 amide bonds. The highest BCUT2D eigenvalue weighted by molar-refractivity contribution is 7.90. The standard InChI is InChI=1S/C26H24F3NO4S/c1-16-6-4-5-7-22(16)18-8-9-19-14-30(15-20(19)12-18)25(31)23-13-21(35(3,32)33)10-11-24(23)34-17(2)26(27,28)29/h4-13,17H,14-15H2,1-3H3. The van der Waals surface area contributed by atoms with E-state index in [4.69, 9.17) is 4.74 Å². The Morgan fingerprint density at radius 2 is 1.69 bits per heavy atom. The summed E-state index contributed by atoms with van der Waals surface area (Å²) in [6.45, 7) is 3.33. The molecule has 3 aromatic carbocycles. The van der Waals surface area contributed by atoms with Crippen molar-refractivity contribution in [1.29, 1.82) is 0 Å². The van der Waals surface area contributed by atoms with E-state index in [1.165, 1.54) is 4.90 Å². The van der Waals surface area contributed by atoms with Gasteiger partial charge in [0.1, 0.15) is 5.75 Å². The molecule has 5 nitrogen and oxygen atoms in total. The molecule has 1 aliphatic heterocycles. The smallest absolute Gasteiger partial charge is 0.425 e. The fourth-order valence-corrected chi connectivity index (χ4v) is 4.69. The Kier molecular flexibility index (Phi) is 6.40. The van der Waals surface area contributed by atoms with E-state index < -0.39 is 28.0 Å². The number of amides is 1. The largest absolute Gasteiger partial charge is 0.480 e. The van der Waals surface area contributed by atoms with Crippen LogP contribution in [0.2, 0.25) is 0 Å². The highest BCUT2D eigenvalue weighted by Crippen LogP contribution is 2.34. The average molecular weight is 504 g/mol. The number of halogens is 3.